The van der Waals surface area contributed by atoms with E-state index in [-0.39, 0.29) is 11.1 Å². The molecule has 0 bridgehead atoms. The van der Waals surface area contributed by atoms with E-state index in [2.05, 4.69) is 5.32 Å². The van der Waals surface area contributed by atoms with E-state index in [1.807, 2.05) is 19.2 Å². The standard InChI is InChI=1S/C16H17ClFNO2/c1-19-16(10-4-5-14(17)15(18)8-10)11-6-12(20-2)9-13(7-11)21-3/h4-9,16,19H,1-3H3. The molecule has 0 saturated carbocycles. The molecule has 0 aromatic heterocycles. The van der Waals surface area contributed by atoms with Gasteiger partial charge in [-0.3, -0.25) is 0 Å². The maximum Gasteiger partial charge on any atom is 0.142 e. The van der Waals surface area contributed by atoms with Gasteiger partial charge in [0.05, 0.1) is 25.3 Å². The second-order valence-electron chi connectivity index (χ2n) is 4.54. The van der Waals surface area contributed by atoms with Crippen molar-refractivity contribution in [2.45, 2.75) is 6.04 Å². The number of rotatable bonds is 5. The van der Waals surface area contributed by atoms with E-state index in [1.165, 1.54) is 6.07 Å². The first-order valence-corrected chi connectivity index (χ1v) is 6.82. The van der Waals surface area contributed by atoms with Crippen LogP contribution in [0.15, 0.2) is 36.4 Å². The summed E-state index contributed by atoms with van der Waals surface area (Å²) in [6.45, 7) is 0. The molecule has 1 N–H and O–H groups in total. The Morgan fingerprint density at radius 1 is 1.00 bits per heavy atom. The lowest BCUT2D eigenvalue weighted by Crippen LogP contribution is -2.18. The Hall–Kier alpha value is -1.78. The van der Waals surface area contributed by atoms with Crippen molar-refractivity contribution < 1.29 is 13.9 Å². The lowest BCUT2D eigenvalue weighted by Gasteiger charge is -2.19. The van der Waals surface area contributed by atoms with Crippen LogP contribution in [0.25, 0.3) is 0 Å². The number of nitrogens with one attached hydrogen (secondary N) is 1. The minimum atomic E-state index is -0.440. The van der Waals surface area contributed by atoms with Crippen molar-refractivity contribution in [2.24, 2.45) is 0 Å². The fraction of sp³-hybridized carbons (Fsp3) is 0.250. The lowest BCUT2D eigenvalue weighted by molar-refractivity contribution is 0.392. The number of halogens is 2. The molecule has 3 nitrogen and oxygen atoms in total. The van der Waals surface area contributed by atoms with E-state index in [0.717, 1.165) is 11.1 Å². The van der Waals surface area contributed by atoms with Crippen molar-refractivity contribution in [2.75, 3.05) is 21.3 Å². The van der Waals surface area contributed by atoms with Crippen LogP contribution in [-0.4, -0.2) is 21.3 Å². The summed E-state index contributed by atoms with van der Waals surface area (Å²) < 4.78 is 24.2. The van der Waals surface area contributed by atoms with Crippen LogP contribution in [0.2, 0.25) is 5.02 Å². The average molecular weight is 310 g/mol. The summed E-state index contributed by atoms with van der Waals surface area (Å²) in [6.07, 6.45) is 0. The molecule has 0 fully saturated rings. The lowest BCUT2D eigenvalue weighted by atomic mass is 9.98. The Labute approximate surface area is 128 Å². The van der Waals surface area contributed by atoms with E-state index < -0.39 is 5.82 Å². The Morgan fingerprint density at radius 2 is 1.62 bits per heavy atom. The van der Waals surface area contributed by atoms with Crippen LogP contribution >= 0.6 is 11.6 Å². The zero-order valence-corrected chi connectivity index (χ0v) is 12.9. The number of ether oxygens (including phenoxy) is 2. The zero-order valence-electron chi connectivity index (χ0n) is 12.1. The third-order valence-corrected chi connectivity index (χ3v) is 3.58. The van der Waals surface area contributed by atoms with Gasteiger partial charge in [-0.05, 0) is 42.4 Å². The second-order valence-corrected chi connectivity index (χ2v) is 4.95. The molecule has 21 heavy (non-hydrogen) atoms. The topological polar surface area (TPSA) is 30.5 Å². The summed E-state index contributed by atoms with van der Waals surface area (Å²) in [4.78, 5) is 0. The van der Waals surface area contributed by atoms with Crippen LogP contribution < -0.4 is 14.8 Å². The minimum Gasteiger partial charge on any atom is -0.497 e. The molecule has 0 amide bonds. The highest BCUT2D eigenvalue weighted by atomic mass is 35.5. The molecule has 2 aromatic carbocycles. The van der Waals surface area contributed by atoms with Crippen molar-refractivity contribution >= 4 is 11.6 Å². The Bertz CT molecular complexity index is 611. The smallest absolute Gasteiger partial charge is 0.142 e. The largest absolute Gasteiger partial charge is 0.497 e. The summed E-state index contributed by atoms with van der Waals surface area (Å²) >= 11 is 5.73. The van der Waals surface area contributed by atoms with Crippen LogP contribution in [0.1, 0.15) is 17.2 Å². The molecule has 0 aliphatic rings. The molecule has 5 heteroatoms. The molecule has 0 spiro atoms. The van der Waals surface area contributed by atoms with Gasteiger partial charge in [-0.2, -0.15) is 0 Å². The van der Waals surface area contributed by atoms with E-state index >= 15 is 0 Å². The number of benzene rings is 2. The number of hydrogen-bond acceptors (Lipinski definition) is 3. The summed E-state index contributed by atoms with van der Waals surface area (Å²) in [6, 6.07) is 10.1. The summed E-state index contributed by atoms with van der Waals surface area (Å²) in [5, 5.41) is 3.27. The first-order chi connectivity index (χ1) is 10.1. The molecule has 1 atom stereocenters. The van der Waals surface area contributed by atoms with Gasteiger partial charge in [0.15, 0.2) is 0 Å². The molecule has 1 unspecified atom stereocenters. The van der Waals surface area contributed by atoms with Gasteiger partial charge in [-0.15, -0.1) is 0 Å². The molecule has 0 radical (unpaired) electrons. The third-order valence-electron chi connectivity index (χ3n) is 3.27. The van der Waals surface area contributed by atoms with Gasteiger partial charge in [-0.1, -0.05) is 17.7 Å². The van der Waals surface area contributed by atoms with Crippen LogP contribution in [0.3, 0.4) is 0 Å². The molecular weight excluding hydrogens is 293 g/mol. The molecule has 112 valence electrons. The highest BCUT2D eigenvalue weighted by Crippen LogP contribution is 2.31. The van der Waals surface area contributed by atoms with Gasteiger partial charge in [0.1, 0.15) is 17.3 Å². The van der Waals surface area contributed by atoms with Crippen LogP contribution in [0, 0.1) is 5.82 Å². The van der Waals surface area contributed by atoms with Gasteiger partial charge < -0.3 is 14.8 Å². The molecule has 2 aromatic rings. The van der Waals surface area contributed by atoms with Gasteiger partial charge in [0.2, 0.25) is 0 Å². The molecule has 0 heterocycles. The van der Waals surface area contributed by atoms with Crippen LogP contribution in [0.4, 0.5) is 4.39 Å². The van der Waals surface area contributed by atoms with Crippen molar-refractivity contribution in [1.82, 2.24) is 5.32 Å². The minimum absolute atomic E-state index is 0.108. The maximum atomic E-state index is 13.7. The highest BCUT2D eigenvalue weighted by Gasteiger charge is 2.16. The molecule has 0 saturated heterocycles. The first-order valence-electron chi connectivity index (χ1n) is 6.44. The highest BCUT2D eigenvalue weighted by molar-refractivity contribution is 6.30. The average Bonchev–Trinajstić information content (AvgIpc) is 2.51. The predicted molar refractivity (Wildman–Crippen MR) is 81.9 cm³/mol. The number of methoxy groups -OCH3 is 2. The van der Waals surface area contributed by atoms with Gasteiger partial charge in [-0.25, -0.2) is 4.39 Å². The quantitative estimate of drug-likeness (QED) is 0.911. The second kappa shape index (κ2) is 6.78. The van der Waals surface area contributed by atoms with Crippen molar-refractivity contribution in [3.05, 3.63) is 58.4 Å². The van der Waals surface area contributed by atoms with Gasteiger partial charge >= 0.3 is 0 Å². The van der Waals surface area contributed by atoms with E-state index in [1.54, 1.807) is 32.4 Å². The number of hydrogen-bond donors (Lipinski definition) is 1. The maximum absolute atomic E-state index is 13.7. The van der Waals surface area contributed by atoms with Crippen molar-refractivity contribution in [3.63, 3.8) is 0 Å². The molecule has 0 aliphatic heterocycles. The molecule has 0 aliphatic carbocycles. The summed E-state index contributed by atoms with van der Waals surface area (Å²) in [5.74, 6) is 0.919. The van der Waals surface area contributed by atoms with Gasteiger partial charge in [0, 0.05) is 6.07 Å². The van der Waals surface area contributed by atoms with Crippen molar-refractivity contribution in [1.29, 1.82) is 0 Å². The molecule has 2 rings (SSSR count). The summed E-state index contributed by atoms with van der Waals surface area (Å²) in [7, 11) is 4.99. The fourth-order valence-corrected chi connectivity index (χ4v) is 2.33. The SMILES string of the molecule is CNC(c1cc(OC)cc(OC)c1)c1ccc(Cl)c(F)c1. The molecular formula is C16H17ClFNO2. The Kier molecular flexibility index (Phi) is 5.04. The first kappa shape index (κ1) is 15.6. The van der Waals surface area contributed by atoms with E-state index in [4.69, 9.17) is 21.1 Å². The third kappa shape index (κ3) is 3.46. The van der Waals surface area contributed by atoms with Crippen LogP contribution in [0.5, 0.6) is 11.5 Å². The Balaban J connectivity index is 2.47. The fourth-order valence-electron chi connectivity index (χ4n) is 2.21. The normalized spacial score (nSPS) is 12.0. The zero-order chi connectivity index (χ0) is 15.4. The van der Waals surface area contributed by atoms with Crippen LogP contribution in [-0.2, 0) is 0 Å². The Morgan fingerprint density at radius 3 is 2.10 bits per heavy atom. The summed E-state index contributed by atoms with van der Waals surface area (Å²) in [5.41, 5.74) is 1.69. The van der Waals surface area contributed by atoms with E-state index in [9.17, 15) is 4.39 Å². The van der Waals surface area contributed by atoms with E-state index in [0.29, 0.717) is 11.5 Å². The predicted octanol–water partition coefficient (Wildman–Crippen LogP) is 3.81. The monoisotopic (exact) mass is 309 g/mol. The van der Waals surface area contributed by atoms with Gasteiger partial charge in [0.25, 0.3) is 0 Å². The van der Waals surface area contributed by atoms with Crippen molar-refractivity contribution in [3.8, 4) is 11.5 Å².